The number of nitrogens with one attached hydrogen (secondary N) is 1. The molecule has 3 rings (SSSR count). The molecule has 0 unspecified atom stereocenters. The number of primary amides is 1. The van der Waals surface area contributed by atoms with E-state index in [2.05, 4.69) is 10.3 Å². The third-order valence-electron chi connectivity index (χ3n) is 4.40. The standard InChI is InChI=1S/C17H18FN3O/c18-14-5-2-1-4-13(14)17(7-3-8-17)11-21-12-6-9-20-15(10-12)16(19)22/h1-2,4-6,9-10H,3,7-8,11H2,(H2,19,22)(H,20,21). The van der Waals surface area contributed by atoms with E-state index in [9.17, 15) is 9.18 Å². The second kappa shape index (κ2) is 5.75. The number of nitrogens with zero attached hydrogens (tertiary/aromatic N) is 1. The van der Waals surface area contributed by atoms with E-state index in [1.165, 1.54) is 6.07 Å². The molecule has 114 valence electrons. The molecule has 1 aromatic heterocycles. The molecule has 4 nitrogen and oxygen atoms in total. The average molecular weight is 299 g/mol. The van der Waals surface area contributed by atoms with Crippen molar-refractivity contribution < 1.29 is 9.18 Å². The van der Waals surface area contributed by atoms with Gasteiger partial charge in [0.25, 0.3) is 5.91 Å². The lowest BCUT2D eigenvalue weighted by atomic mass is 9.64. The summed E-state index contributed by atoms with van der Waals surface area (Å²) in [5.41, 5.74) is 6.81. The maximum absolute atomic E-state index is 14.1. The van der Waals surface area contributed by atoms with Gasteiger partial charge in [0.1, 0.15) is 11.5 Å². The summed E-state index contributed by atoms with van der Waals surface area (Å²) in [5, 5.41) is 3.29. The second-order valence-corrected chi connectivity index (χ2v) is 5.76. The summed E-state index contributed by atoms with van der Waals surface area (Å²) in [5.74, 6) is -0.715. The van der Waals surface area contributed by atoms with Gasteiger partial charge in [-0.05, 0) is 36.6 Å². The van der Waals surface area contributed by atoms with Crippen LogP contribution in [0.1, 0.15) is 35.3 Å². The molecule has 0 atom stereocenters. The third-order valence-corrected chi connectivity index (χ3v) is 4.40. The Labute approximate surface area is 128 Å². The van der Waals surface area contributed by atoms with E-state index < -0.39 is 5.91 Å². The highest BCUT2D eigenvalue weighted by molar-refractivity contribution is 5.91. The highest BCUT2D eigenvalue weighted by Gasteiger charge is 2.40. The number of carbonyl (C=O) groups excluding carboxylic acids is 1. The van der Waals surface area contributed by atoms with Crippen LogP contribution in [-0.4, -0.2) is 17.4 Å². The van der Waals surface area contributed by atoms with E-state index in [1.54, 1.807) is 24.4 Å². The summed E-state index contributed by atoms with van der Waals surface area (Å²) in [7, 11) is 0. The molecular weight excluding hydrogens is 281 g/mol. The Morgan fingerprint density at radius 1 is 1.32 bits per heavy atom. The van der Waals surface area contributed by atoms with Crippen molar-refractivity contribution in [2.45, 2.75) is 24.7 Å². The first-order chi connectivity index (χ1) is 10.6. The molecule has 1 heterocycles. The number of benzene rings is 1. The van der Waals surface area contributed by atoms with Crippen LogP contribution in [0.4, 0.5) is 10.1 Å². The summed E-state index contributed by atoms with van der Waals surface area (Å²) < 4.78 is 14.1. The van der Waals surface area contributed by atoms with Gasteiger partial charge in [-0.15, -0.1) is 0 Å². The molecular formula is C17H18FN3O. The minimum absolute atomic E-state index is 0.156. The minimum atomic E-state index is -0.559. The molecule has 2 aromatic rings. The molecule has 0 aliphatic heterocycles. The van der Waals surface area contributed by atoms with Gasteiger partial charge in [0.2, 0.25) is 0 Å². The number of hydrogen-bond donors (Lipinski definition) is 2. The number of rotatable bonds is 5. The van der Waals surface area contributed by atoms with Crippen molar-refractivity contribution in [3.63, 3.8) is 0 Å². The Morgan fingerprint density at radius 2 is 2.09 bits per heavy atom. The molecule has 1 aromatic carbocycles. The monoisotopic (exact) mass is 299 g/mol. The molecule has 22 heavy (non-hydrogen) atoms. The summed E-state index contributed by atoms with van der Waals surface area (Å²) in [6.07, 6.45) is 4.54. The fourth-order valence-corrected chi connectivity index (χ4v) is 2.98. The molecule has 3 N–H and O–H groups in total. The molecule has 1 saturated carbocycles. The van der Waals surface area contributed by atoms with Gasteiger partial charge in [-0.25, -0.2) is 4.39 Å². The first-order valence-electron chi connectivity index (χ1n) is 7.35. The van der Waals surface area contributed by atoms with Crippen molar-refractivity contribution in [3.8, 4) is 0 Å². The Kier molecular flexibility index (Phi) is 3.79. The van der Waals surface area contributed by atoms with E-state index in [1.807, 2.05) is 12.1 Å². The lowest BCUT2D eigenvalue weighted by Crippen LogP contribution is -2.41. The largest absolute Gasteiger partial charge is 0.384 e. The maximum Gasteiger partial charge on any atom is 0.267 e. The van der Waals surface area contributed by atoms with E-state index >= 15 is 0 Å². The van der Waals surface area contributed by atoms with Gasteiger partial charge >= 0.3 is 0 Å². The quantitative estimate of drug-likeness (QED) is 0.892. The fraction of sp³-hybridized carbons (Fsp3) is 0.294. The lowest BCUT2D eigenvalue weighted by Gasteiger charge is -2.43. The van der Waals surface area contributed by atoms with Crippen LogP contribution in [0.25, 0.3) is 0 Å². The number of anilines is 1. The zero-order chi connectivity index (χ0) is 15.6. The van der Waals surface area contributed by atoms with Crippen molar-refractivity contribution in [3.05, 3.63) is 59.7 Å². The number of amides is 1. The van der Waals surface area contributed by atoms with Crippen molar-refractivity contribution in [1.82, 2.24) is 4.98 Å². The number of nitrogens with two attached hydrogens (primary N) is 1. The highest BCUT2D eigenvalue weighted by Crippen LogP contribution is 2.44. The van der Waals surface area contributed by atoms with Gasteiger partial charge in [-0.2, -0.15) is 0 Å². The molecule has 1 aliphatic carbocycles. The average Bonchev–Trinajstić information content (AvgIpc) is 2.48. The van der Waals surface area contributed by atoms with Crippen LogP contribution in [0.3, 0.4) is 0 Å². The van der Waals surface area contributed by atoms with Crippen LogP contribution in [0.5, 0.6) is 0 Å². The molecule has 0 saturated heterocycles. The molecule has 0 radical (unpaired) electrons. The molecule has 0 spiro atoms. The topological polar surface area (TPSA) is 68.0 Å². The van der Waals surface area contributed by atoms with Crippen LogP contribution in [-0.2, 0) is 5.41 Å². The summed E-state index contributed by atoms with van der Waals surface area (Å²) in [4.78, 5) is 15.1. The Hall–Kier alpha value is -2.43. The summed E-state index contributed by atoms with van der Waals surface area (Å²) in [6.45, 7) is 0.621. The predicted octanol–water partition coefficient (Wildman–Crippen LogP) is 2.85. The normalized spacial score (nSPS) is 15.9. The Morgan fingerprint density at radius 3 is 2.73 bits per heavy atom. The Bertz CT molecular complexity index is 698. The van der Waals surface area contributed by atoms with Gasteiger partial charge in [-0.1, -0.05) is 24.6 Å². The summed E-state index contributed by atoms with van der Waals surface area (Å²) >= 11 is 0. The Balaban J connectivity index is 1.78. The van der Waals surface area contributed by atoms with E-state index in [-0.39, 0.29) is 16.9 Å². The van der Waals surface area contributed by atoms with Gasteiger partial charge in [0.05, 0.1) is 0 Å². The number of carbonyl (C=O) groups is 1. The minimum Gasteiger partial charge on any atom is -0.384 e. The van der Waals surface area contributed by atoms with Crippen LogP contribution >= 0.6 is 0 Å². The van der Waals surface area contributed by atoms with Gasteiger partial charge in [0.15, 0.2) is 0 Å². The number of halogens is 1. The van der Waals surface area contributed by atoms with Crippen LogP contribution in [0.15, 0.2) is 42.6 Å². The number of hydrogen-bond acceptors (Lipinski definition) is 3. The smallest absolute Gasteiger partial charge is 0.267 e. The predicted molar refractivity (Wildman–Crippen MR) is 83.2 cm³/mol. The van der Waals surface area contributed by atoms with E-state index in [0.29, 0.717) is 6.54 Å². The highest BCUT2D eigenvalue weighted by atomic mass is 19.1. The zero-order valence-electron chi connectivity index (χ0n) is 12.2. The van der Waals surface area contributed by atoms with Crippen molar-refractivity contribution in [2.75, 3.05) is 11.9 Å². The zero-order valence-corrected chi connectivity index (χ0v) is 12.2. The summed E-state index contributed by atoms with van der Waals surface area (Å²) in [6, 6.07) is 10.3. The fourth-order valence-electron chi connectivity index (χ4n) is 2.98. The van der Waals surface area contributed by atoms with Gasteiger partial charge in [0, 0.05) is 23.8 Å². The molecule has 1 fully saturated rings. The first-order valence-corrected chi connectivity index (χ1v) is 7.35. The molecule has 1 aliphatic rings. The van der Waals surface area contributed by atoms with Crippen LogP contribution in [0, 0.1) is 5.82 Å². The molecule has 0 bridgehead atoms. The van der Waals surface area contributed by atoms with Crippen molar-refractivity contribution in [1.29, 1.82) is 0 Å². The van der Waals surface area contributed by atoms with E-state index in [4.69, 9.17) is 5.73 Å². The third kappa shape index (κ3) is 2.66. The van der Waals surface area contributed by atoms with Crippen molar-refractivity contribution in [2.24, 2.45) is 5.73 Å². The van der Waals surface area contributed by atoms with Crippen LogP contribution < -0.4 is 11.1 Å². The van der Waals surface area contributed by atoms with Crippen molar-refractivity contribution >= 4 is 11.6 Å². The number of pyridine rings is 1. The molecule has 1 amide bonds. The molecule has 5 heteroatoms. The maximum atomic E-state index is 14.1. The SMILES string of the molecule is NC(=O)c1cc(NCC2(c3ccccc3F)CCC2)ccn1. The lowest BCUT2D eigenvalue weighted by molar-refractivity contribution is 0.0995. The van der Waals surface area contributed by atoms with Gasteiger partial charge < -0.3 is 11.1 Å². The number of aromatic nitrogens is 1. The second-order valence-electron chi connectivity index (χ2n) is 5.76. The first kappa shape index (κ1) is 14.5. The van der Waals surface area contributed by atoms with Crippen LogP contribution in [0.2, 0.25) is 0 Å². The van der Waals surface area contributed by atoms with E-state index in [0.717, 1.165) is 30.5 Å². The van der Waals surface area contributed by atoms with Gasteiger partial charge in [-0.3, -0.25) is 9.78 Å².